The number of rotatable bonds is 40. The van der Waals surface area contributed by atoms with Crippen LogP contribution in [0.2, 0.25) is 0 Å². The maximum absolute atomic E-state index is 12.5. The van der Waals surface area contributed by atoms with Crippen LogP contribution in [-0.2, 0) is 57.3 Å². The quantitative estimate of drug-likeness (QED) is 0.0200. The van der Waals surface area contributed by atoms with Crippen molar-refractivity contribution in [1.29, 1.82) is 0 Å². The third kappa shape index (κ3) is 35.5. The number of hydrogen-bond donors (Lipinski definition) is 0. The lowest BCUT2D eigenvalue weighted by molar-refractivity contribution is 0.232. The van der Waals surface area contributed by atoms with Gasteiger partial charge in [0, 0.05) is 81.4 Å². The van der Waals surface area contributed by atoms with E-state index in [0.717, 1.165) is 168 Å². The highest BCUT2D eigenvalue weighted by atomic mass is 32.2. The molecule has 0 aliphatic carbocycles. The molecule has 0 saturated heterocycles. The highest BCUT2D eigenvalue weighted by molar-refractivity contribution is 8.00. The smallest absolute Gasteiger partial charge is 0.292 e. The van der Waals surface area contributed by atoms with Crippen LogP contribution in [0.1, 0.15) is 247 Å². The summed E-state index contributed by atoms with van der Waals surface area (Å²) in [7, 11) is 0. The zero-order valence-corrected chi connectivity index (χ0v) is 93.6. The first-order chi connectivity index (χ1) is 73.0. The van der Waals surface area contributed by atoms with Gasteiger partial charge in [-0.05, 0) is 285 Å². The predicted molar refractivity (Wildman–Crippen MR) is 635 cm³/mol. The van der Waals surface area contributed by atoms with Gasteiger partial charge in [0.25, 0.3) is 5.95 Å². The third-order valence-corrected chi connectivity index (χ3v) is 31.3. The molecule has 0 N–H and O–H groups in total. The van der Waals surface area contributed by atoms with Crippen LogP contribution in [0.15, 0.2) is 348 Å². The lowest BCUT2D eigenvalue weighted by atomic mass is 10.0. The molecule has 0 fully saturated rings. The summed E-state index contributed by atoms with van der Waals surface area (Å²) in [6, 6.07) is 88.1. The van der Waals surface area contributed by atoms with Crippen molar-refractivity contribution < 1.29 is 31.2 Å². The lowest BCUT2D eigenvalue weighted by Crippen LogP contribution is -2.08. The Hall–Kier alpha value is -12.7. The summed E-state index contributed by atoms with van der Waals surface area (Å²) in [5, 5.41) is 7.57. The second kappa shape index (κ2) is 62.2. The van der Waals surface area contributed by atoms with Crippen LogP contribution >= 0.6 is 58.8 Å². The average Bonchev–Trinajstić information content (AvgIpc) is 0.859. The SMILES string of the molecule is CCCC#Cc1ccc(CSc2oc3ccccc3c(=O)c2C)cc1.CCCCC#CCCCSc1oc2ccccc2c(=O)c1C.CCCCCc1ccc(CCSc2oc3ccccc3c(=O)c2C)cc1.CCCc1ccc(CCCCSc2oc3ccccc3c(=O)c2C)cc1.CCCc1ccc(CCCCSc2oc3ccccc3c(=O)c2C)cc1.Cc1c(OCc2ccc(CCC(C)C)cc2)oc2ccccc2c1=O. The van der Waals surface area contributed by atoms with Gasteiger partial charge in [0.15, 0.2) is 58.0 Å². The summed E-state index contributed by atoms with van der Waals surface area (Å²) >= 11 is 8.10. The van der Waals surface area contributed by atoms with Crippen molar-refractivity contribution in [2.45, 2.75) is 282 Å². The molecule has 0 amide bonds. The van der Waals surface area contributed by atoms with Gasteiger partial charge in [0.2, 0.25) is 0 Å². The van der Waals surface area contributed by atoms with E-state index in [9.17, 15) is 28.8 Å². The van der Waals surface area contributed by atoms with E-state index in [1.54, 1.807) is 83.9 Å². The summed E-state index contributed by atoms with van der Waals surface area (Å²) in [5.41, 5.74) is 21.3. The molecule has 18 heteroatoms. The molecule has 0 aliphatic heterocycles. The van der Waals surface area contributed by atoms with E-state index >= 15 is 0 Å². The zero-order valence-electron chi connectivity index (χ0n) is 89.5. The minimum absolute atomic E-state index is 0.0408. The van der Waals surface area contributed by atoms with Crippen LogP contribution in [0, 0.1) is 71.1 Å². The molecule has 0 aliphatic rings. The number of unbranched alkanes of at least 4 members (excludes halogenated alkanes) is 8. The normalized spacial score (nSPS) is 10.9. The molecular weight excluding hydrogens is 1950 g/mol. The number of hydrogen-bond acceptors (Lipinski definition) is 18. The van der Waals surface area contributed by atoms with Gasteiger partial charge in [-0.2, -0.15) is 0 Å². The summed E-state index contributed by atoms with van der Waals surface area (Å²) in [6.45, 7) is 26.8. The first-order valence-electron chi connectivity index (χ1n) is 53.3. The maximum Gasteiger partial charge on any atom is 0.292 e. The Morgan fingerprint density at radius 2 is 0.547 bits per heavy atom. The number of aryl methyl sites for hydroxylation is 7. The van der Waals surface area contributed by atoms with Crippen molar-refractivity contribution in [2.75, 3.05) is 23.0 Å². The Kier molecular flexibility index (Phi) is 48.1. The van der Waals surface area contributed by atoms with Crippen LogP contribution in [0.25, 0.3) is 65.8 Å². The number of benzene rings is 11. The highest BCUT2D eigenvalue weighted by Crippen LogP contribution is 2.34. The van der Waals surface area contributed by atoms with Crippen molar-refractivity contribution in [3.05, 3.63) is 417 Å². The van der Waals surface area contributed by atoms with Crippen LogP contribution in [0.4, 0.5) is 0 Å². The Labute approximate surface area is 906 Å². The zero-order chi connectivity index (χ0) is 106. The van der Waals surface area contributed by atoms with Crippen molar-refractivity contribution in [1.82, 2.24) is 0 Å². The number of fused-ring (bicyclic) bond motifs is 6. The van der Waals surface area contributed by atoms with Crippen LogP contribution in [-0.4, -0.2) is 23.0 Å². The molecular formula is C132H144O13S5. The van der Waals surface area contributed by atoms with Crippen molar-refractivity contribution in [2.24, 2.45) is 5.92 Å². The van der Waals surface area contributed by atoms with E-state index in [4.69, 9.17) is 31.2 Å². The van der Waals surface area contributed by atoms with Crippen molar-refractivity contribution in [3.8, 4) is 29.6 Å². The van der Waals surface area contributed by atoms with Crippen molar-refractivity contribution in [3.63, 3.8) is 0 Å². The standard InChI is InChI=1S/3C23H26O2S.C22H24O3.C22H20O2S.C19H22O2S/c2*1-3-8-18-12-14-19(15-13-18)9-6-7-16-26-23-17(2)22(24)20-10-4-5-11-21(20)25-23;1-3-4-5-8-18-11-13-19(14-12-18)15-16-26-23-17(2)22(24)20-9-6-7-10-21(20)25-23;1-15(2)8-9-17-10-12-18(13-11-17)14-24-22-16(3)21(23)19-6-4-5-7-20(19)25-22;1-3-4-5-8-17-11-13-18(14-12-17)15-25-22-16(2)21(23)19-9-6-7-10-20(19)24-22;1-3-4-5-6-7-8-11-14-22-19-15(2)18(20)16-12-9-10-13-17(16)21-19/h2*4-5,10-15H,3,6-9,16H2,1-2H3;6-7,9-14H,3-5,8,15-16H2,1-2H3;4-7,10-13,15H,8-9,14H2,1-3H3;6-7,9-14H,3-4,15H2,1-2H3;9-10,12-13H,3-5,8,11,14H2,1-2H3. The molecule has 0 radical (unpaired) electrons. The molecule has 17 aromatic rings. The first-order valence-corrected chi connectivity index (χ1v) is 58.2. The Morgan fingerprint density at radius 1 is 0.253 bits per heavy atom. The fourth-order valence-corrected chi connectivity index (χ4v) is 21.5. The molecule has 780 valence electrons. The van der Waals surface area contributed by atoms with Gasteiger partial charge in [-0.1, -0.05) is 333 Å². The molecule has 0 saturated carbocycles. The number of ether oxygens (including phenoxy) is 1. The molecule has 13 nitrogen and oxygen atoms in total. The van der Waals surface area contributed by atoms with Crippen LogP contribution in [0.5, 0.6) is 5.95 Å². The van der Waals surface area contributed by atoms with E-state index in [-0.39, 0.29) is 32.6 Å². The fourth-order valence-electron chi connectivity index (χ4n) is 16.6. The minimum atomic E-state index is -0.0408. The third-order valence-electron chi connectivity index (χ3n) is 25.7. The largest absolute Gasteiger partial charge is 0.460 e. The Bertz CT molecular complexity index is 7560. The minimum Gasteiger partial charge on any atom is -0.460 e. The van der Waals surface area contributed by atoms with E-state index < -0.39 is 0 Å². The average molecular weight is 2100 g/mol. The molecule has 11 aromatic carbocycles. The Balaban J connectivity index is 0.000000160. The molecule has 6 aromatic heterocycles. The van der Waals surface area contributed by atoms with Crippen LogP contribution < -0.4 is 37.3 Å². The summed E-state index contributed by atoms with van der Waals surface area (Å²) in [4.78, 5) is 74.4. The van der Waals surface area contributed by atoms with Gasteiger partial charge in [0.05, 0.1) is 37.9 Å². The van der Waals surface area contributed by atoms with Gasteiger partial charge >= 0.3 is 0 Å². The van der Waals surface area contributed by atoms with Crippen molar-refractivity contribution >= 4 is 125 Å². The summed E-state index contributed by atoms with van der Waals surface area (Å²) in [6.07, 6.45) is 27.0. The molecule has 17 rings (SSSR count). The maximum atomic E-state index is 12.5. The monoisotopic (exact) mass is 2100 g/mol. The molecule has 0 unspecified atom stereocenters. The van der Waals surface area contributed by atoms with Gasteiger partial charge in [-0.25, -0.2) is 0 Å². The highest BCUT2D eigenvalue weighted by Gasteiger charge is 2.19. The lowest BCUT2D eigenvalue weighted by Gasteiger charge is -2.10. The number of thioether (sulfide) groups is 5. The van der Waals surface area contributed by atoms with Gasteiger partial charge in [0.1, 0.15) is 40.1 Å². The topological polar surface area (TPSA) is 190 Å². The molecule has 0 spiro atoms. The summed E-state index contributed by atoms with van der Waals surface area (Å²) < 4.78 is 41.2. The second-order valence-electron chi connectivity index (χ2n) is 38.1. The first kappa shape index (κ1) is 116. The molecule has 6 heterocycles. The predicted octanol–water partition coefficient (Wildman–Crippen LogP) is 34.5. The molecule has 0 bridgehead atoms. The van der Waals surface area contributed by atoms with E-state index in [2.05, 4.69) is 181 Å². The van der Waals surface area contributed by atoms with Gasteiger partial charge in [-0.3, -0.25) is 28.8 Å². The fraction of sp³-hybridized carbons (Fsp3) is 0.333. The number of para-hydroxylation sites is 6. The molecule has 150 heavy (non-hydrogen) atoms. The Morgan fingerprint density at radius 3 is 0.900 bits per heavy atom. The second-order valence-corrected chi connectivity index (χ2v) is 43.4. The van der Waals surface area contributed by atoms with E-state index in [0.29, 0.717) is 112 Å². The van der Waals surface area contributed by atoms with E-state index in [1.165, 1.54) is 102 Å². The summed E-state index contributed by atoms with van der Waals surface area (Å²) in [5.74, 6) is 18.2. The molecule has 0 atom stereocenters. The van der Waals surface area contributed by atoms with Gasteiger partial charge in [-0.15, -0.1) is 11.8 Å². The van der Waals surface area contributed by atoms with E-state index in [1.807, 2.05) is 174 Å². The van der Waals surface area contributed by atoms with Gasteiger partial charge < -0.3 is 31.2 Å². The van der Waals surface area contributed by atoms with Crippen LogP contribution in [0.3, 0.4) is 0 Å².